The zero-order valence-corrected chi connectivity index (χ0v) is 9.97. The van der Waals surface area contributed by atoms with Gasteiger partial charge in [-0.3, -0.25) is 4.90 Å². The molecule has 2 unspecified atom stereocenters. The van der Waals surface area contributed by atoms with Crippen LogP contribution in [0.25, 0.3) is 0 Å². The van der Waals surface area contributed by atoms with Crippen LogP contribution in [0.3, 0.4) is 0 Å². The molecule has 14 heavy (non-hydrogen) atoms. The lowest BCUT2D eigenvalue weighted by molar-refractivity contribution is -0.0591. The number of ether oxygens (including phenoxy) is 1. The minimum absolute atomic E-state index is 0.0697. The number of likely N-dealkylation sites (tertiary alicyclic amines) is 1. The maximum atomic E-state index is 5.58. The summed E-state index contributed by atoms with van der Waals surface area (Å²) < 4.78 is 5.58. The minimum atomic E-state index is 0.0697. The van der Waals surface area contributed by atoms with E-state index in [1.54, 1.807) is 0 Å². The van der Waals surface area contributed by atoms with Gasteiger partial charge >= 0.3 is 0 Å². The average molecular weight is 200 g/mol. The van der Waals surface area contributed by atoms with Crippen molar-refractivity contribution >= 4 is 0 Å². The summed E-state index contributed by atoms with van der Waals surface area (Å²) in [4.78, 5) is 2.52. The summed E-state index contributed by atoms with van der Waals surface area (Å²) >= 11 is 0. The second-order valence-electron chi connectivity index (χ2n) is 4.63. The van der Waals surface area contributed by atoms with Crippen molar-refractivity contribution in [3.63, 3.8) is 0 Å². The predicted octanol–water partition coefficient (Wildman–Crippen LogP) is 1.10. The van der Waals surface area contributed by atoms with E-state index in [0.717, 1.165) is 13.1 Å². The van der Waals surface area contributed by atoms with Crippen molar-refractivity contribution in [3.05, 3.63) is 0 Å². The Morgan fingerprint density at radius 3 is 2.86 bits per heavy atom. The Labute approximate surface area is 87.8 Å². The van der Waals surface area contributed by atoms with Gasteiger partial charge in [-0.2, -0.15) is 0 Å². The molecule has 0 saturated carbocycles. The molecule has 0 radical (unpaired) electrons. The first-order valence-electron chi connectivity index (χ1n) is 5.55. The second-order valence-corrected chi connectivity index (χ2v) is 4.63. The molecule has 84 valence electrons. The summed E-state index contributed by atoms with van der Waals surface area (Å²) in [6, 6.07) is 0.606. The quantitative estimate of drug-likeness (QED) is 0.735. The maximum absolute atomic E-state index is 5.58. The highest BCUT2D eigenvalue weighted by atomic mass is 16.5. The van der Waals surface area contributed by atoms with E-state index >= 15 is 0 Å². The second kappa shape index (κ2) is 5.10. The third-order valence-electron chi connectivity index (χ3n) is 3.30. The zero-order valence-electron chi connectivity index (χ0n) is 9.97. The molecule has 0 spiro atoms. The lowest BCUT2D eigenvalue weighted by Gasteiger charge is -2.42. The van der Waals surface area contributed by atoms with E-state index in [4.69, 9.17) is 4.74 Å². The van der Waals surface area contributed by atoms with Crippen LogP contribution in [-0.2, 0) is 4.74 Å². The zero-order chi connectivity index (χ0) is 10.6. The van der Waals surface area contributed by atoms with Crippen LogP contribution < -0.4 is 5.32 Å². The minimum Gasteiger partial charge on any atom is -0.377 e. The fourth-order valence-corrected chi connectivity index (χ4v) is 2.21. The normalized spacial score (nSPS) is 31.7. The van der Waals surface area contributed by atoms with Crippen molar-refractivity contribution in [2.24, 2.45) is 0 Å². The van der Waals surface area contributed by atoms with Crippen molar-refractivity contribution in [2.45, 2.75) is 38.3 Å². The van der Waals surface area contributed by atoms with Crippen LogP contribution in [0.1, 0.15) is 26.7 Å². The third kappa shape index (κ3) is 2.94. The summed E-state index contributed by atoms with van der Waals surface area (Å²) in [6.45, 7) is 7.82. The van der Waals surface area contributed by atoms with Crippen LogP contribution in [0.2, 0.25) is 0 Å². The molecule has 1 aliphatic rings. The van der Waals surface area contributed by atoms with E-state index in [1.165, 1.54) is 19.4 Å². The first kappa shape index (κ1) is 12.0. The molecule has 3 heteroatoms. The summed E-state index contributed by atoms with van der Waals surface area (Å²) in [6.07, 6.45) is 2.44. The van der Waals surface area contributed by atoms with Gasteiger partial charge in [0.15, 0.2) is 0 Å². The molecular weight excluding hydrogens is 176 g/mol. The topological polar surface area (TPSA) is 24.5 Å². The van der Waals surface area contributed by atoms with Crippen LogP contribution in [0.5, 0.6) is 0 Å². The first-order valence-corrected chi connectivity index (χ1v) is 5.55. The van der Waals surface area contributed by atoms with Crippen LogP contribution in [0, 0.1) is 0 Å². The number of methoxy groups -OCH3 is 1. The lowest BCUT2D eigenvalue weighted by atomic mass is 9.94. The van der Waals surface area contributed by atoms with Crippen molar-refractivity contribution in [3.8, 4) is 0 Å². The molecule has 0 aliphatic carbocycles. The summed E-state index contributed by atoms with van der Waals surface area (Å²) in [5.41, 5.74) is 0.0697. The van der Waals surface area contributed by atoms with Crippen molar-refractivity contribution < 1.29 is 4.74 Å². The predicted molar refractivity (Wildman–Crippen MR) is 59.6 cm³/mol. The summed E-state index contributed by atoms with van der Waals surface area (Å²) in [7, 11) is 3.84. The van der Waals surface area contributed by atoms with Gasteiger partial charge in [0.05, 0.1) is 5.60 Å². The van der Waals surface area contributed by atoms with Crippen LogP contribution >= 0.6 is 0 Å². The Morgan fingerprint density at radius 2 is 2.29 bits per heavy atom. The van der Waals surface area contributed by atoms with Gasteiger partial charge < -0.3 is 10.1 Å². The van der Waals surface area contributed by atoms with Gasteiger partial charge in [-0.05, 0) is 40.3 Å². The molecule has 1 fully saturated rings. The molecule has 1 N–H and O–H groups in total. The van der Waals surface area contributed by atoms with Crippen molar-refractivity contribution in [1.29, 1.82) is 0 Å². The van der Waals surface area contributed by atoms with Gasteiger partial charge in [-0.25, -0.2) is 0 Å². The van der Waals surface area contributed by atoms with Gasteiger partial charge in [0.25, 0.3) is 0 Å². The van der Waals surface area contributed by atoms with Gasteiger partial charge in [-0.1, -0.05) is 0 Å². The molecule has 0 amide bonds. The van der Waals surface area contributed by atoms with Gasteiger partial charge in [-0.15, -0.1) is 0 Å². The largest absolute Gasteiger partial charge is 0.377 e. The van der Waals surface area contributed by atoms with E-state index in [-0.39, 0.29) is 5.60 Å². The summed E-state index contributed by atoms with van der Waals surface area (Å²) in [5, 5.41) is 3.23. The fourth-order valence-electron chi connectivity index (χ4n) is 2.21. The van der Waals surface area contributed by atoms with E-state index in [0.29, 0.717) is 6.04 Å². The standard InChI is InChI=1S/C11H24N2O/c1-10(8-12-3)13-7-5-6-11(2,9-13)14-4/h10,12H,5-9H2,1-4H3. The average Bonchev–Trinajstić information content (AvgIpc) is 2.18. The molecule has 0 aromatic heterocycles. The van der Waals surface area contributed by atoms with Gasteiger partial charge in [0, 0.05) is 26.2 Å². The number of nitrogens with one attached hydrogen (secondary N) is 1. The van der Waals surface area contributed by atoms with Gasteiger partial charge in [0.2, 0.25) is 0 Å². The molecule has 0 bridgehead atoms. The Kier molecular flexibility index (Phi) is 4.35. The van der Waals surface area contributed by atoms with Crippen LogP contribution in [-0.4, -0.2) is 50.3 Å². The highest BCUT2D eigenvalue weighted by Crippen LogP contribution is 2.24. The molecule has 0 aromatic rings. The Morgan fingerprint density at radius 1 is 1.57 bits per heavy atom. The van der Waals surface area contributed by atoms with Crippen LogP contribution in [0.4, 0.5) is 0 Å². The number of hydrogen-bond acceptors (Lipinski definition) is 3. The number of piperidine rings is 1. The molecule has 1 saturated heterocycles. The molecule has 1 rings (SSSR count). The van der Waals surface area contributed by atoms with Crippen LogP contribution in [0.15, 0.2) is 0 Å². The summed E-state index contributed by atoms with van der Waals surface area (Å²) in [5.74, 6) is 0. The fraction of sp³-hybridized carbons (Fsp3) is 1.00. The molecule has 1 heterocycles. The SMILES string of the molecule is CNCC(C)N1CCCC(C)(OC)C1. The van der Waals surface area contributed by atoms with Crippen molar-refractivity contribution in [1.82, 2.24) is 10.2 Å². The molecular formula is C11H24N2O. The van der Waals surface area contributed by atoms with Gasteiger partial charge in [0.1, 0.15) is 0 Å². The number of hydrogen-bond donors (Lipinski definition) is 1. The number of likely N-dealkylation sites (N-methyl/N-ethyl adjacent to an activating group) is 1. The highest BCUT2D eigenvalue weighted by molar-refractivity contribution is 4.87. The Balaban J connectivity index is 2.47. The van der Waals surface area contributed by atoms with E-state index in [1.807, 2.05) is 14.2 Å². The molecule has 3 nitrogen and oxygen atoms in total. The Hall–Kier alpha value is -0.120. The maximum Gasteiger partial charge on any atom is 0.0777 e. The number of rotatable bonds is 4. The van der Waals surface area contributed by atoms with E-state index in [2.05, 4.69) is 24.1 Å². The van der Waals surface area contributed by atoms with E-state index < -0.39 is 0 Å². The monoisotopic (exact) mass is 200 g/mol. The molecule has 0 aromatic carbocycles. The number of nitrogens with zero attached hydrogens (tertiary/aromatic N) is 1. The Bertz CT molecular complexity index is 175. The van der Waals surface area contributed by atoms with Crippen molar-refractivity contribution in [2.75, 3.05) is 33.8 Å². The lowest BCUT2D eigenvalue weighted by Crippen LogP contribution is -2.52. The molecule has 2 atom stereocenters. The smallest absolute Gasteiger partial charge is 0.0777 e. The van der Waals surface area contributed by atoms with E-state index in [9.17, 15) is 0 Å². The highest BCUT2D eigenvalue weighted by Gasteiger charge is 2.32. The third-order valence-corrected chi connectivity index (χ3v) is 3.30. The first-order chi connectivity index (χ1) is 6.61. The molecule has 1 aliphatic heterocycles.